The van der Waals surface area contributed by atoms with E-state index in [4.69, 9.17) is 0 Å². The number of aliphatic hydroxyl groups excluding tert-OH is 1. The zero-order valence-electron chi connectivity index (χ0n) is 10.8. The Bertz CT molecular complexity index is 333. The first-order chi connectivity index (χ1) is 8.00. The maximum Gasteiger partial charge on any atom is 0.123 e. The molecule has 0 aliphatic carbocycles. The van der Waals surface area contributed by atoms with Crippen LogP contribution in [0.15, 0.2) is 24.3 Å². The minimum absolute atomic E-state index is 0.0890. The van der Waals surface area contributed by atoms with Crippen LogP contribution in [0.1, 0.15) is 38.8 Å². The molecule has 2 nitrogen and oxygen atoms in total. The molecule has 0 amide bonds. The molecule has 0 fully saturated rings. The number of rotatable bonds is 6. The lowest BCUT2D eigenvalue weighted by atomic mass is 9.88. The highest BCUT2D eigenvalue weighted by molar-refractivity contribution is 5.19. The second kappa shape index (κ2) is 6.12. The van der Waals surface area contributed by atoms with Gasteiger partial charge in [0.15, 0.2) is 0 Å². The average Bonchev–Trinajstić information content (AvgIpc) is 2.36. The van der Waals surface area contributed by atoms with Crippen LogP contribution < -0.4 is 5.32 Å². The molecule has 3 heteroatoms. The van der Waals surface area contributed by atoms with E-state index >= 15 is 0 Å². The summed E-state index contributed by atoms with van der Waals surface area (Å²) in [5.74, 6) is -0.213. The van der Waals surface area contributed by atoms with Crippen molar-refractivity contribution in [2.45, 2.75) is 33.2 Å². The number of hydrogen-bond donors (Lipinski definition) is 2. The van der Waals surface area contributed by atoms with Crippen LogP contribution in [0.4, 0.5) is 4.39 Å². The predicted octanol–water partition coefficient (Wildman–Crippen LogP) is 2.88. The smallest absolute Gasteiger partial charge is 0.123 e. The first kappa shape index (κ1) is 14.1. The number of nitrogens with one attached hydrogen (secondary N) is 1. The molecule has 1 aromatic rings. The van der Waals surface area contributed by atoms with Crippen LogP contribution in [0, 0.1) is 11.2 Å². The van der Waals surface area contributed by atoms with Gasteiger partial charge in [-0.05, 0) is 31.0 Å². The summed E-state index contributed by atoms with van der Waals surface area (Å²) in [5, 5.41) is 12.7. The Morgan fingerprint density at radius 1 is 1.35 bits per heavy atom. The summed E-state index contributed by atoms with van der Waals surface area (Å²) in [6.45, 7) is 7.09. The van der Waals surface area contributed by atoms with E-state index in [1.54, 1.807) is 12.1 Å². The molecule has 0 saturated heterocycles. The first-order valence-corrected chi connectivity index (χ1v) is 6.10. The molecular weight excluding hydrogens is 217 g/mol. The van der Waals surface area contributed by atoms with Crippen LogP contribution in [0.3, 0.4) is 0 Å². The summed E-state index contributed by atoms with van der Waals surface area (Å²) in [6, 6.07) is 6.68. The third-order valence-corrected chi connectivity index (χ3v) is 3.44. The van der Waals surface area contributed by atoms with Crippen molar-refractivity contribution >= 4 is 0 Å². The average molecular weight is 239 g/mol. The predicted molar refractivity (Wildman–Crippen MR) is 68.3 cm³/mol. The van der Waals surface area contributed by atoms with Crippen LogP contribution in [0.5, 0.6) is 0 Å². The summed E-state index contributed by atoms with van der Waals surface area (Å²) in [4.78, 5) is 0. The molecule has 96 valence electrons. The Kier molecular flexibility index (Phi) is 5.09. The Hall–Kier alpha value is -0.930. The van der Waals surface area contributed by atoms with Crippen molar-refractivity contribution in [1.82, 2.24) is 5.32 Å². The molecule has 1 unspecified atom stereocenters. The van der Waals surface area contributed by atoms with Gasteiger partial charge in [0.1, 0.15) is 5.82 Å². The molecule has 0 heterocycles. The molecule has 0 bridgehead atoms. The SMILES string of the molecule is CCC(C)(CO)CN[C@@H](C)c1ccc(F)cc1. The lowest BCUT2D eigenvalue weighted by Gasteiger charge is -2.28. The van der Waals surface area contributed by atoms with Crippen molar-refractivity contribution in [2.24, 2.45) is 5.41 Å². The summed E-state index contributed by atoms with van der Waals surface area (Å²) in [6.07, 6.45) is 0.923. The van der Waals surface area contributed by atoms with E-state index < -0.39 is 0 Å². The van der Waals surface area contributed by atoms with Crippen LogP contribution in [0.25, 0.3) is 0 Å². The fourth-order valence-electron chi connectivity index (χ4n) is 1.56. The molecule has 2 N–H and O–H groups in total. The molecule has 17 heavy (non-hydrogen) atoms. The van der Waals surface area contributed by atoms with E-state index in [0.717, 1.165) is 18.5 Å². The Morgan fingerprint density at radius 2 is 1.94 bits per heavy atom. The summed E-state index contributed by atoms with van der Waals surface area (Å²) < 4.78 is 12.8. The Morgan fingerprint density at radius 3 is 2.41 bits per heavy atom. The fourth-order valence-corrected chi connectivity index (χ4v) is 1.56. The second-order valence-corrected chi connectivity index (χ2v) is 4.98. The molecule has 1 aromatic carbocycles. The van der Waals surface area contributed by atoms with Gasteiger partial charge in [-0.15, -0.1) is 0 Å². The van der Waals surface area contributed by atoms with Crippen LogP contribution in [0.2, 0.25) is 0 Å². The monoisotopic (exact) mass is 239 g/mol. The summed E-state index contributed by atoms with van der Waals surface area (Å²) in [7, 11) is 0. The highest BCUT2D eigenvalue weighted by atomic mass is 19.1. The fraction of sp³-hybridized carbons (Fsp3) is 0.571. The molecule has 0 aliphatic heterocycles. The van der Waals surface area contributed by atoms with E-state index in [1.165, 1.54) is 12.1 Å². The van der Waals surface area contributed by atoms with Gasteiger partial charge in [-0.3, -0.25) is 0 Å². The van der Waals surface area contributed by atoms with E-state index in [1.807, 2.05) is 6.92 Å². The third-order valence-electron chi connectivity index (χ3n) is 3.44. The van der Waals surface area contributed by atoms with Crippen molar-refractivity contribution < 1.29 is 9.50 Å². The van der Waals surface area contributed by atoms with Crippen LogP contribution >= 0.6 is 0 Å². The van der Waals surface area contributed by atoms with Gasteiger partial charge in [0.05, 0.1) is 0 Å². The lowest BCUT2D eigenvalue weighted by Crippen LogP contribution is -2.35. The van der Waals surface area contributed by atoms with Crippen molar-refractivity contribution in [1.29, 1.82) is 0 Å². The quantitative estimate of drug-likeness (QED) is 0.800. The maximum absolute atomic E-state index is 12.8. The van der Waals surface area contributed by atoms with E-state index in [2.05, 4.69) is 19.2 Å². The van der Waals surface area contributed by atoms with Crippen molar-refractivity contribution in [2.75, 3.05) is 13.2 Å². The topological polar surface area (TPSA) is 32.3 Å². The van der Waals surface area contributed by atoms with Crippen molar-refractivity contribution in [3.63, 3.8) is 0 Å². The normalized spacial score (nSPS) is 16.5. The maximum atomic E-state index is 12.8. The first-order valence-electron chi connectivity index (χ1n) is 6.10. The highest BCUT2D eigenvalue weighted by Crippen LogP contribution is 2.21. The van der Waals surface area contributed by atoms with E-state index in [9.17, 15) is 9.50 Å². The van der Waals surface area contributed by atoms with Gasteiger partial charge in [-0.25, -0.2) is 4.39 Å². The van der Waals surface area contributed by atoms with E-state index in [-0.39, 0.29) is 23.9 Å². The summed E-state index contributed by atoms with van der Waals surface area (Å²) in [5.41, 5.74) is 0.969. The van der Waals surface area contributed by atoms with Gasteiger partial charge in [0.2, 0.25) is 0 Å². The molecular formula is C14H22FNO. The lowest BCUT2D eigenvalue weighted by molar-refractivity contribution is 0.132. The van der Waals surface area contributed by atoms with E-state index in [0.29, 0.717) is 0 Å². The van der Waals surface area contributed by atoms with Gasteiger partial charge in [0, 0.05) is 24.6 Å². The van der Waals surface area contributed by atoms with Gasteiger partial charge in [-0.2, -0.15) is 0 Å². The highest BCUT2D eigenvalue weighted by Gasteiger charge is 2.21. The van der Waals surface area contributed by atoms with Gasteiger partial charge in [0.25, 0.3) is 0 Å². The number of benzene rings is 1. The number of aliphatic hydroxyl groups is 1. The third kappa shape index (κ3) is 4.10. The minimum Gasteiger partial charge on any atom is -0.396 e. The molecule has 0 radical (unpaired) electrons. The molecule has 2 atom stereocenters. The zero-order valence-corrected chi connectivity index (χ0v) is 10.8. The molecule has 0 aromatic heterocycles. The van der Waals surface area contributed by atoms with Gasteiger partial charge >= 0.3 is 0 Å². The van der Waals surface area contributed by atoms with Crippen molar-refractivity contribution in [3.05, 3.63) is 35.6 Å². The number of hydrogen-bond acceptors (Lipinski definition) is 2. The van der Waals surface area contributed by atoms with Crippen molar-refractivity contribution in [3.8, 4) is 0 Å². The van der Waals surface area contributed by atoms with Gasteiger partial charge in [-0.1, -0.05) is 26.0 Å². The Balaban J connectivity index is 2.55. The molecule has 1 rings (SSSR count). The standard InChI is InChI=1S/C14H22FNO/c1-4-14(3,10-17)9-16-11(2)12-5-7-13(15)8-6-12/h5-8,11,16-17H,4,9-10H2,1-3H3/t11-,14?/m0/s1. The summed E-state index contributed by atoms with van der Waals surface area (Å²) >= 11 is 0. The Labute approximate surface area is 103 Å². The molecule has 0 saturated carbocycles. The van der Waals surface area contributed by atoms with Gasteiger partial charge < -0.3 is 10.4 Å². The largest absolute Gasteiger partial charge is 0.396 e. The molecule has 0 spiro atoms. The zero-order chi connectivity index (χ0) is 12.9. The van der Waals surface area contributed by atoms with Crippen LogP contribution in [-0.2, 0) is 0 Å². The minimum atomic E-state index is -0.213. The van der Waals surface area contributed by atoms with Crippen LogP contribution in [-0.4, -0.2) is 18.3 Å². The molecule has 0 aliphatic rings. The number of halogens is 1. The second-order valence-electron chi connectivity index (χ2n) is 4.98.